The van der Waals surface area contributed by atoms with Gasteiger partial charge >= 0.3 is 0 Å². The predicted molar refractivity (Wildman–Crippen MR) is 106 cm³/mol. The third-order valence-corrected chi connectivity index (χ3v) is 6.16. The number of phenolic OH excluding ortho intramolecular Hbond substituents is 1. The number of halogens is 3. The standard InChI is InChI=1S/C20H18F3N3O5S/c21-12-4-9(5-13(22)16(12)23)14-7-26(25-24-14)17-18(29)15(8-27)31-20(19(17)30)32-11-3-1-2-10(28)6-11/h1-7,15,17-20,27-30H,8H2/t15?,17?,18-,19?,20+/m0/s1. The summed E-state index contributed by atoms with van der Waals surface area (Å²) in [7, 11) is 0. The van der Waals surface area contributed by atoms with E-state index in [4.69, 9.17) is 4.74 Å². The van der Waals surface area contributed by atoms with Gasteiger partial charge in [0.05, 0.1) is 12.8 Å². The summed E-state index contributed by atoms with van der Waals surface area (Å²) < 4.78 is 47.1. The van der Waals surface area contributed by atoms with Crippen LogP contribution in [0.2, 0.25) is 0 Å². The van der Waals surface area contributed by atoms with E-state index in [0.29, 0.717) is 4.90 Å². The molecule has 0 bridgehead atoms. The molecule has 4 rings (SSSR count). The van der Waals surface area contributed by atoms with E-state index in [1.54, 1.807) is 12.1 Å². The lowest BCUT2D eigenvalue weighted by molar-refractivity contribution is -0.178. The molecule has 2 heterocycles. The second-order valence-electron chi connectivity index (χ2n) is 7.15. The minimum Gasteiger partial charge on any atom is -0.508 e. The van der Waals surface area contributed by atoms with E-state index < -0.39 is 53.8 Å². The second kappa shape index (κ2) is 9.08. The number of phenols is 1. The summed E-state index contributed by atoms with van der Waals surface area (Å²) in [6, 6.07) is 6.59. The van der Waals surface area contributed by atoms with Crippen molar-refractivity contribution in [2.45, 2.75) is 34.7 Å². The quantitative estimate of drug-likeness (QED) is 0.418. The molecule has 0 amide bonds. The largest absolute Gasteiger partial charge is 0.508 e. The van der Waals surface area contributed by atoms with Crippen molar-refractivity contribution >= 4 is 11.8 Å². The van der Waals surface area contributed by atoms with Gasteiger partial charge in [-0.1, -0.05) is 23.0 Å². The van der Waals surface area contributed by atoms with Crippen molar-refractivity contribution in [3.63, 3.8) is 0 Å². The van der Waals surface area contributed by atoms with Gasteiger partial charge in [0, 0.05) is 10.5 Å². The lowest BCUT2D eigenvalue weighted by atomic mass is 9.97. The fourth-order valence-electron chi connectivity index (χ4n) is 3.43. The molecule has 8 nitrogen and oxygen atoms in total. The van der Waals surface area contributed by atoms with E-state index in [-0.39, 0.29) is 17.0 Å². The van der Waals surface area contributed by atoms with Crippen LogP contribution in [0, 0.1) is 17.5 Å². The molecule has 12 heteroatoms. The van der Waals surface area contributed by atoms with Crippen LogP contribution < -0.4 is 0 Å². The van der Waals surface area contributed by atoms with Gasteiger partial charge in [0.1, 0.15) is 41.2 Å². The summed E-state index contributed by atoms with van der Waals surface area (Å²) in [6.07, 6.45) is -2.59. The summed E-state index contributed by atoms with van der Waals surface area (Å²) in [6.45, 7) is -0.558. The number of thioether (sulfide) groups is 1. The first-order chi connectivity index (χ1) is 15.3. The Kier molecular flexibility index (Phi) is 6.40. The van der Waals surface area contributed by atoms with E-state index in [0.717, 1.165) is 28.6 Å². The van der Waals surface area contributed by atoms with Gasteiger partial charge in [-0.05, 0) is 30.3 Å². The maximum Gasteiger partial charge on any atom is 0.194 e. The monoisotopic (exact) mass is 469 g/mol. The smallest absolute Gasteiger partial charge is 0.194 e. The number of aromatic nitrogens is 3. The minimum absolute atomic E-state index is 0.00951. The van der Waals surface area contributed by atoms with Crippen LogP contribution in [0.15, 0.2) is 47.5 Å². The Balaban J connectivity index is 1.64. The van der Waals surface area contributed by atoms with E-state index in [1.165, 1.54) is 18.3 Å². The first-order valence-electron chi connectivity index (χ1n) is 9.43. The SMILES string of the molecule is OCC1O[C@H](Sc2cccc(O)c2)C(O)C(n2cc(-c3cc(F)c(F)c(F)c3)nn2)[C@H]1O. The highest BCUT2D eigenvalue weighted by Gasteiger charge is 2.46. The molecule has 0 spiro atoms. The zero-order valence-electron chi connectivity index (χ0n) is 16.2. The van der Waals surface area contributed by atoms with Gasteiger partial charge < -0.3 is 25.2 Å². The number of ether oxygens (including phenoxy) is 1. The van der Waals surface area contributed by atoms with E-state index in [9.17, 15) is 33.6 Å². The highest BCUT2D eigenvalue weighted by atomic mass is 32.2. The maximum absolute atomic E-state index is 13.6. The average Bonchev–Trinajstić information content (AvgIpc) is 3.23. The number of aromatic hydroxyl groups is 1. The van der Waals surface area contributed by atoms with E-state index in [2.05, 4.69) is 10.3 Å². The highest BCUT2D eigenvalue weighted by molar-refractivity contribution is 7.99. The molecule has 5 atom stereocenters. The molecule has 1 aliphatic heterocycles. The Morgan fingerprint density at radius 2 is 1.78 bits per heavy atom. The van der Waals surface area contributed by atoms with Gasteiger partial charge in [-0.2, -0.15) is 0 Å². The fourth-order valence-corrected chi connectivity index (χ4v) is 4.54. The Morgan fingerprint density at radius 3 is 2.44 bits per heavy atom. The summed E-state index contributed by atoms with van der Waals surface area (Å²) >= 11 is 1.06. The van der Waals surface area contributed by atoms with Crippen molar-refractivity contribution in [3.8, 4) is 17.0 Å². The second-order valence-corrected chi connectivity index (χ2v) is 8.32. The first kappa shape index (κ1) is 22.6. The van der Waals surface area contributed by atoms with Crippen LogP contribution in [0.3, 0.4) is 0 Å². The molecule has 1 aliphatic rings. The van der Waals surface area contributed by atoms with Crippen molar-refractivity contribution in [1.29, 1.82) is 0 Å². The molecule has 170 valence electrons. The van der Waals surface area contributed by atoms with Crippen molar-refractivity contribution < 1.29 is 38.3 Å². The molecule has 3 unspecified atom stereocenters. The molecule has 2 aromatic carbocycles. The maximum atomic E-state index is 13.6. The zero-order valence-corrected chi connectivity index (χ0v) is 17.0. The Hall–Kier alpha value is -2.64. The van der Waals surface area contributed by atoms with Crippen LogP contribution in [0.4, 0.5) is 13.2 Å². The summed E-state index contributed by atoms with van der Waals surface area (Å²) in [5.74, 6) is -4.41. The fraction of sp³-hybridized carbons (Fsp3) is 0.300. The van der Waals surface area contributed by atoms with Crippen LogP contribution >= 0.6 is 11.8 Å². The number of hydrogen-bond acceptors (Lipinski definition) is 8. The summed E-state index contributed by atoms with van der Waals surface area (Å²) in [5.41, 5.74) is -1.07. The Bertz CT molecular complexity index is 1090. The third-order valence-electron chi connectivity index (χ3n) is 5.01. The van der Waals surface area contributed by atoms with Gasteiger partial charge in [0.25, 0.3) is 0 Å². The molecule has 3 aromatic rings. The zero-order chi connectivity index (χ0) is 23.0. The van der Waals surface area contributed by atoms with Crippen molar-refractivity contribution in [2.75, 3.05) is 6.61 Å². The van der Waals surface area contributed by atoms with Crippen LogP contribution in [0.5, 0.6) is 5.75 Å². The molecule has 0 saturated carbocycles. The molecule has 0 aliphatic carbocycles. The average molecular weight is 469 g/mol. The molecule has 1 fully saturated rings. The highest BCUT2D eigenvalue weighted by Crippen LogP contribution is 2.38. The van der Waals surface area contributed by atoms with Crippen molar-refractivity contribution in [3.05, 3.63) is 60.0 Å². The van der Waals surface area contributed by atoms with Gasteiger partial charge in [-0.3, -0.25) is 0 Å². The topological polar surface area (TPSA) is 121 Å². The number of rotatable bonds is 5. The first-order valence-corrected chi connectivity index (χ1v) is 10.3. The number of hydrogen-bond donors (Lipinski definition) is 4. The normalized spacial score (nSPS) is 25.8. The predicted octanol–water partition coefficient (Wildman–Crippen LogP) is 1.84. The third kappa shape index (κ3) is 4.32. The molecular formula is C20H18F3N3O5S. The number of benzene rings is 2. The van der Waals surface area contributed by atoms with Crippen LogP contribution in [-0.4, -0.2) is 65.8 Å². The summed E-state index contributed by atoms with van der Waals surface area (Å²) in [4.78, 5) is 0.567. The molecule has 0 radical (unpaired) electrons. The molecule has 1 aromatic heterocycles. The molecule has 4 N–H and O–H groups in total. The van der Waals surface area contributed by atoms with E-state index >= 15 is 0 Å². The summed E-state index contributed by atoms with van der Waals surface area (Å²) in [5, 5.41) is 48.5. The van der Waals surface area contributed by atoms with Gasteiger partial charge in [0.2, 0.25) is 0 Å². The molecular weight excluding hydrogens is 451 g/mol. The van der Waals surface area contributed by atoms with Gasteiger partial charge in [-0.25, -0.2) is 17.9 Å². The number of aliphatic hydroxyl groups excluding tert-OH is 3. The Labute approximate surface area is 183 Å². The number of aliphatic hydroxyl groups is 3. The van der Waals surface area contributed by atoms with Crippen LogP contribution in [0.1, 0.15) is 6.04 Å². The lowest BCUT2D eigenvalue weighted by Crippen LogP contribution is -2.55. The van der Waals surface area contributed by atoms with Gasteiger partial charge in [-0.15, -0.1) is 5.10 Å². The van der Waals surface area contributed by atoms with E-state index in [1.807, 2.05) is 0 Å². The number of nitrogens with zero attached hydrogens (tertiary/aromatic N) is 3. The van der Waals surface area contributed by atoms with Crippen molar-refractivity contribution in [1.82, 2.24) is 15.0 Å². The molecule has 32 heavy (non-hydrogen) atoms. The lowest BCUT2D eigenvalue weighted by Gasteiger charge is -2.41. The van der Waals surface area contributed by atoms with Crippen LogP contribution in [0.25, 0.3) is 11.3 Å². The Morgan fingerprint density at radius 1 is 1.06 bits per heavy atom. The van der Waals surface area contributed by atoms with Gasteiger partial charge in [0.15, 0.2) is 17.5 Å². The molecule has 1 saturated heterocycles. The minimum atomic E-state index is -1.62. The van der Waals surface area contributed by atoms with Crippen LogP contribution in [-0.2, 0) is 4.74 Å². The van der Waals surface area contributed by atoms with Crippen molar-refractivity contribution in [2.24, 2.45) is 0 Å².